The van der Waals surface area contributed by atoms with E-state index in [0.29, 0.717) is 29.4 Å². The molecule has 0 atom stereocenters. The summed E-state index contributed by atoms with van der Waals surface area (Å²) >= 11 is 0. The zero-order valence-electron chi connectivity index (χ0n) is 16.3. The SMILES string of the molecule is CCc1noc(CNC(=O)c2cn(-c3ccc(C)cc3)nc2-c2ccccc2)n1. The van der Waals surface area contributed by atoms with Crippen molar-refractivity contribution in [1.29, 1.82) is 0 Å². The second kappa shape index (κ2) is 8.10. The van der Waals surface area contributed by atoms with E-state index in [1.165, 1.54) is 0 Å². The first kappa shape index (κ1) is 18.6. The van der Waals surface area contributed by atoms with Gasteiger partial charge >= 0.3 is 0 Å². The standard InChI is InChI=1S/C22H21N5O2/c1-3-19-24-20(29-26-19)13-23-22(28)18-14-27(17-11-9-15(2)10-12-17)25-21(18)16-7-5-4-6-8-16/h4-12,14H,3,13H2,1-2H3,(H,23,28). The molecule has 0 radical (unpaired) electrons. The van der Waals surface area contributed by atoms with Crippen LogP contribution in [0.2, 0.25) is 0 Å². The number of nitrogens with one attached hydrogen (secondary N) is 1. The maximum absolute atomic E-state index is 12.9. The van der Waals surface area contributed by atoms with Gasteiger partial charge in [-0.3, -0.25) is 4.79 Å². The first-order valence-corrected chi connectivity index (χ1v) is 9.46. The van der Waals surface area contributed by atoms with E-state index in [1.54, 1.807) is 10.9 Å². The van der Waals surface area contributed by atoms with Crippen molar-refractivity contribution in [3.63, 3.8) is 0 Å². The smallest absolute Gasteiger partial charge is 0.255 e. The molecule has 1 N–H and O–H groups in total. The molecule has 4 rings (SSSR count). The zero-order valence-corrected chi connectivity index (χ0v) is 16.3. The monoisotopic (exact) mass is 387 g/mol. The molecule has 0 unspecified atom stereocenters. The molecule has 0 bridgehead atoms. The van der Waals surface area contributed by atoms with E-state index in [1.807, 2.05) is 68.4 Å². The summed E-state index contributed by atoms with van der Waals surface area (Å²) in [5, 5.41) is 11.4. The summed E-state index contributed by atoms with van der Waals surface area (Å²) in [4.78, 5) is 17.2. The molecule has 7 heteroatoms. The minimum atomic E-state index is -0.251. The van der Waals surface area contributed by atoms with Crippen LogP contribution in [0.5, 0.6) is 0 Å². The molecule has 0 aliphatic carbocycles. The van der Waals surface area contributed by atoms with Crippen molar-refractivity contribution >= 4 is 5.91 Å². The van der Waals surface area contributed by atoms with Crippen molar-refractivity contribution in [2.45, 2.75) is 26.8 Å². The first-order chi connectivity index (χ1) is 14.1. The molecular formula is C22H21N5O2. The Hall–Kier alpha value is -3.74. The fraction of sp³-hybridized carbons (Fsp3) is 0.182. The number of carbonyl (C=O) groups excluding carboxylic acids is 1. The Bertz CT molecular complexity index is 1110. The molecule has 0 saturated heterocycles. The predicted octanol–water partition coefficient (Wildman–Crippen LogP) is 3.72. The Morgan fingerprint density at radius 2 is 1.86 bits per heavy atom. The number of nitrogens with zero attached hydrogens (tertiary/aromatic N) is 4. The van der Waals surface area contributed by atoms with E-state index >= 15 is 0 Å². The van der Waals surface area contributed by atoms with Crippen LogP contribution in [-0.2, 0) is 13.0 Å². The molecule has 146 valence electrons. The van der Waals surface area contributed by atoms with E-state index in [0.717, 1.165) is 16.8 Å². The second-order valence-corrected chi connectivity index (χ2v) is 6.68. The van der Waals surface area contributed by atoms with E-state index in [4.69, 9.17) is 4.52 Å². The van der Waals surface area contributed by atoms with Crippen LogP contribution in [0.15, 0.2) is 65.3 Å². The first-order valence-electron chi connectivity index (χ1n) is 9.46. The molecule has 0 saturated carbocycles. The Morgan fingerprint density at radius 1 is 1.10 bits per heavy atom. The van der Waals surface area contributed by atoms with Gasteiger partial charge in [0.1, 0.15) is 5.69 Å². The summed E-state index contributed by atoms with van der Waals surface area (Å²) in [6, 6.07) is 17.6. The van der Waals surface area contributed by atoms with Gasteiger partial charge in [0.2, 0.25) is 5.89 Å². The summed E-state index contributed by atoms with van der Waals surface area (Å²) in [5.74, 6) is 0.743. The van der Waals surface area contributed by atoms with Crippen LogP contribution in [0, 0.1) is 6.92 Å². The van der Waals surface area contributed by atoms with Crippen LogP contribution in [0.3, 0.4) is 0 Å². The largest absolute Gasteiger partial charge is 0.343 e. The van der Waals surface area contributed by atoms with Gasteiger partial charge < -0.3 is 9.84 Å². The van der Waals surface area contributed by atoms with Crippen molar-refractivity contribution in [2.24, 2.45) is 0 Å². The van der Waals surface area contributed by atoms with Crippen LogP contribution in [0.1, 0.15) is 34.6 Å². The van der Waals surface area contributed by atoms with Gasteiger partial charge in [0, 0.05) is 18.2 Å². The van der Waals surface area contributed by atoms with E-state index < -0.39 is 0 Å². The third-order valence-corrected chi connectivity index (χ3v) is 4.53. The Kier molecular flexibility index (Phi) is 5.20. The highest BCUT2D eigenvalue weighted by Gasteiger charge is 2.19. The number of hydrogen-bond donors (Lipinski definition) is 1. The molecular weight excluding hydrogens is 366 g/mol. The average molecular weight is 387 g/mol. The van der Waals surface area contributed by atoms with Crippen molar-refractivity contribution in [2.75, 3.05) is 0 Å². The van der Waals surface area contributed by atoms with Crippen molar-refractivity contribution < 1.29 is 9.32 Å². The molecule has 2 aromatic carbocycles. The van der Waals surface area contributed by atoms with Gasteiger partial charge in [0.15, 0.2) is 5.82 Å². The fourth-order valence-electron chi connectivity index (χ4n) is 2.94. The summed E-state index contributed by atoms with van der Waals surface area (Å²) in [7, 11) is 0. The Balaban J connectivity index is 1.64. The van der Waals surface area contributed by atoms with E-state index in [2.05, 4.69) is 20.6 Å². The minimum Gasteiger partial charge on any atom is -0.343 e. The molecule has 0 spiro atoms. The lowest BCUT2D eigenvalue weighted by Gasteiger charge is -2.03. The summed E-state index contributed by atoms with van der Waals surface area (Å²) in [6.07, 6.45) is 2.42. The van der Waals surface area contributed by atoms with Gasteiger partial charge in [-0.25, -0.2) is 4.68 Å². The van der Waals surface area contributed by atoms with Crippen molar-refractivity contribution in [3.05, 3.63) is 83.6 Å². The molecule has 7 nitrogen and oxygen atoms in total. The van der Waals surface area contributed by atoms with Crippen LogP contribution in [0.25, 0.3) is 16.9 Å². The summed E-state index contributed by atoms with van der Waals surface area (Å²) < 4.78 is 6.87. The number of rotatable bonds is 6. The molecule has 29 heavy (non-hydrogen) atoms. The zero-order chi connectivity index (χ0) is 20.2. The molecule has 0 fully saturated rings. The Labute approximate surface area is 168 Å². The quantitative estimate of drug-likeness (QED) is 0.545. The van der Waals surface area contributed by atoms with Gasteiger partial charge in [-0.15, -0.1) is 0 Å². The van der Waals surface area contributed by atoms with Gasteiger partial charge in [-0.1, -0.05) is 60.1 Å². The predicted molar refractivity (Wildman–Crippen MR) is 109 cm³/mol. The lowest BCUT2D eigenvalue weighted by molar-refractivity contribution is 0.0947. The number of benzene rings is 2. The normalized spacial score (nSPS) is 10.8. The van der Waals surface area contributed by atoms with Crippen LogP contribution in [-0.4, -0.2) is 25.8 Å². The fourth-order valence-corrected chi connectivity index (χ4v) is 2.94. The van der Waals surface area contributed by atoms with Gasteiger partial charge in [-0.2, -0.15) is 10.1 Å². The van der Waals surface area contributed by atoms with Gasteiger partial charge in [0.25, 0.3) is 5.91 Å². The van der Waals surface area contributed by atoms with Crippen LogP contribution < -0.4 is 5.32 Å². The van der Waals surface area contributed by atoms with E-state index in [-0.39, 0.29) is 12.5 Å². The second-order valence-electron chi connectivity index (χ2n) is 6.68. The van der Waals surface area contributed by atoms with Crippen LogP contribution >= 0.6 is 0 Å². The van der Waals surface area contributed by atoms with Crippen molar-refractivity contribution in [3.8, 4) is 16.9 Å². The van der Waals surface area contributed by atoms with Gasteiger partial charge in [-0.05, 0) is 19.1 Å². The van der Waals surface area contributed by atoms with Crippen LogP contribution in [0.4, 0.5) is 0 Å². The third-order valence-electron chi connectivity index (χ3n) is 4.53. The van der Waals surface area contributed by atoms with E-state index in [9.17, 15) is 4.79 Å². The average Bonchev–Trinajstić information content (AvgIpc) is 3.40. The van der Waals surface area contributed by atoms with Crippen molar-refractivity contribution in [1.82, 2.24) is 25.2 Å². The highest BCUT2D eigenvalue weighted by molar-refractivity contribution is 5.99. The highest BCUT2D eigenvalue weighted by atomic mass is 16.5. The number of aryl methyl sites for hydroxylation is 2. The molecule has 1 amide bonds. The molecule has 2 aromatic heterocycles. The number of hydrogen-bond acceptors (Lipinski definition) is 5. The maximum atomic E-state index is 12.9. The molecule has 0 aliphatic heterocycles. The maximum Gasteiger partial charge on any atom is 0.255 e. The molecule has 0 aliphatic rings. The van der Waals surface area contributed by atoms with Gasteiger partial charge in [0.05, 0.1) is 17.8 Å². The minimum absolute atomic E-state index is 0.162. The molecule has 4 aromatic rings. The number of aromatic nitrogens is 4. The highest BCUT2D eigenvalue weighted by Crippen LogP contribution is 2.24. The number of carbonyl (C=O) groups is 1. The number of amides is 1. The Morgan fingerprint density at radius 3 is 2.55 bits per heavy atom. The third kappa shape index (κ3) is 4.08. The molecule has 2 heterocycles. The topological polar surface area (TPSA) is 85.8 Å². The lowest BCUT2D eigenvalue weighted by atomic mass is 10.1. The summed E-state index contributed by atoms with van der Waals surface area (Å²) in [5.41, 5.74) is 4.01. The summed E-state index contributed by atoms with van der Waals surface area (Å²) in [6.45, 7) is 4.14. The lowest BCUT2D eigenvalue weighted by Crippen LogP contribution is -2.23.